The van der Waals surface area contributed by atoms with Gasteiger partial charge in [0, 0.05) is 35.7 Å². The first-order valence-electron chi connectivity index (χ1n) is 8.23. The van der Waals surface area contributed by atoms with Crippen molar-refractivity contribution < 1.29 is 14.0 Å². The quantitative estimate of drug-likeness (QED) is 0.706. The molecule has 7 heteroatoms. The molecular formula is C19H16BrN3O3. The van der Waals surface area contributed by atoms with Crippen LogP contribution in [0.4, 0.5) is 11.4 Å². The second-order valence-electron chi connectivity index (χ2n) is 6.29. The minimum atomic E-state index is -0.392. The number of fused-ring (bicyclic) bond motifs is 1. The summed E-state index contributed by atoms with van der Waals surface area (Å²) in [7, 11) is 0. The minimum absolute atomic E-state index is 0.0502. The fourth-order valence-corrected chi connectivity index (χ4v) is 3.53. The van der Waals surface area contributed by atoms with Crippen molar-refractivity contribution in [3.05, 3.63) is 52.8 Å². The van der Waals surface area contributed by atoms with E-state index in [1.54, 1.807) is 30.0 Å². The largest absolute Gasteiger partial charge is 0.441 e. The van der Waals surface area contributed by atoms with Crippen LogP contribution in [0.15, 0.2) is 51.4 Å². The molecule has 0 aliphatic carbocycles. The highest BCUT2D eigenvalue weighted by Gasteiger charge is 2.35. The van der Waals surface area contributed by atoms with E-state index in [0.717, 1.165) is 10.2 Å². The van der Waals surface area contributed by atoms with Crippen LogP contribution in [0.25, 0.3) is 11.1 Å². The zero-order valence-corrected chi connectivity index (χ0v) is 15.6. The monoisotopic (exact) mass is 413 g/mol. The Morgan fingerprint density at radius 1 is 1.31 bits per heavy atom. The van der Waals surface area contributed by atoms with Crippen LogP contribution in [0.1, 0.15) is 12.3 Å². The number of amides is 2. The molecule has 0 spiro atoms. The van der Waals surface area contributed by atoms with Crippen LogP contribution in [0.2, 0.25) is 0 Å². The van der Waals surface area contributed by atoms with Crippen LogP contribution < -0.4 is 10.2 Å². The predicted molar refractivity (Wildman–Crippen MR) is 102 cm³/mol. The number of rotatable bonds is 3. The maximum absolute atomic E-state index is 12.6. The Morgan fingerprint density at radius 2 is 2.15 bits per heavy atom. The van der Waals surface area contributed by atoms with Crippen molar-refractivity contribution in [3.8, 4) is 0 Å². The molecule has 1 fully saturated rings. The summed E-state index contributed by atoms with van der Waals surface area (Å²) in [5, 5.41) is 2.88. The number of halogens is 1. The average molecular weight is 414 g/mol. The molecular weight excluding hydrogens is 398 g/mol. The van der Waals surface area contributed by atoms with Crippen molar-refractivity contribution in [3.63, 3.8) is 0 Å². The second-order valence-corrected chi connectivity index (χ2v) is 7.21. The van der Waals surface area contributed by atoms with E-state index in [1.807, 2.05) is 24.3 Å². The molecule has 1 saturated heterocycles. The molecule has 2 heterocycles. The number of aryl methyl sites for hydroxylation is 1. The summed E-state index contributed by atoms with van der Waals surface area (Å²) in [6.07, 6.45) is 0.198. The summed E-state index contributed by atoms with van der Waals surface area (Å²) < 4.78 is 6.33. The van der Waals surface area contributed by atoms with Gasteiger partial charge in [-0.1, -0.05) is 22.0 Å². The number of hydrogen-bond donors (Lipinski definition) is 1. The second kappa shape index (κ2) is 6.57. The number of carbonyl (C=O) groups is 2. The van der Waals surface area contributed by atoms with Gasteiger partial charge >= 0.3 is 0 Å². The highest BCUT2D eigenvalue weighted by molar-refractivity contribution is 9.10. The van der Waals surface area contributed by atoms with Crippen LogP contribution in [0.5, 0.6) is 0 Å². The third kappa shape index (κ3) is 3.22. The fourth-order valence-electron chi connectivity index (χ4n) is 3.14. The van der Waals surface area contributed by atoms with Crippen molar-refractivity contribution in [1.29, 1.82) is 0 Å². The van der Waals surface area contributed by atoms with Gasteiger partial charge < -0.3 is 14.6 Å². The molecule has 0 saturated carbocycles. The topological polar surface area (TPSA) is 75.4 Å². The zero-order valence-electron chi connectivity index (χ0n) is 14.0. The van der Waals surface area contributed by atoms with Gasteiger partial charge in [0.2, 0.25) is 11.8 Å². The Morgan fingerprint density at radius 3 is 2.96 bits per heavy atom. The van der Waals surface area contributed by atoms with Gasteiger partial charge in [-0.05, 0) is 36.4 Å². The minimum Gasteiger partial charge on any atom is -0.441 e. The molecule has 1 N–H and O–H groups in total. The first-order chi connectivity index (χ1) is 12.5. The molecule has 2 aromatic carbocycles. The highest BCUT2D eigenvalue weighted by Crippen LogP contribution is 2.28. The maximum Gasteiger partial charge on any atom is 0.229 e. The lowest BCUT2D eigenvalue weighted by molar-refractivity contribution is -0.122. The van der Waals surface area contributed by atoms with Gasteiger partial charge in [0.1, 0.15) is 5.52 Å². The van der Waals surface area contributed by atoms with Gasteiger partial charge in [-0.3, -0.25) is 9.59 Å². The fraction of sp³-hybridized carbons (Fsp3) is 0.211. The number of aromatic nitrogens is 1. The molecule has 4 rings (SSSR count). The molecule has 6 nitrogen and oxygen atoms in total. The molecule has 26 heavy (non-hydrogen) atoms. The number of benzene rings is 2. The molecule has 0 bridgehead atoms. The van der Waals surface area contributed by atoms with Gasteiger partial charge in [-0.2, -0.15) is 0 Å². The van der Waals surface area contributed by atoms with Crippen LogP contribution in [0, 0.1) is 12.8 Å². The summed E-state index contributed by atoms with van der Waals surface area (Å²) in [6.45, 7) is 2.14. The lowest BCUT2D eigenvalue weighted by atomic mass is 10.1. The van der Waals surface area contributed by atoms with Crippen molar-refractivity contribution >= 4 is 50.2 Å². The summed E-state index contributed by atoms with van der Waals surface area (Å²) in [6, 6.07) is 12.8. The number of nitrogens with one attached hydrogen (secondary N) is 1. The molecule has 132 valence electrons. The Kier molecular flexibility index (Phi) is 4.24. The maximum atomic E-state index is 12.6. The normalized spacial score (nSPS) is 17.1. The van der Waals surface area contributed by atoms with Crippen molar-refractivity contribution in [2.75, 3.05) is 16.8 Å². The molecule has 3 aromatic rings. The van der Waals surface area contributed by atoms with Crippen LogP contribution in [-0.4, -0.2) is 23.3 Å². The van der Waals surface area contributed by atoms with Gasteiger partial charge in [0.05, 0.1) is 5.92 Å². The average Bonchev–Trinajstić information content (AvgIpc) is 3.16. The highest BCUT2D eigenvalue weighted by atomic mass is 79.9. The Balaban J connectivity index is 1.48. The van der Waals surface area contributed by atoms with E-state index in [-0.39, 0.29) is 18.2 Å². The van der Waals surface area contributed by atoms with E-state index in [1.165, 1.54) is 0 Å². The summed E-state index contributed by atoms with van der Waals surface area (Å²) >= 11 is 3.41. The van der Waals surface area contributed by atoms with E-state index >= 15 is 0 Å². The number of anilines is 2. The summed E-state index contributed by atoms with van der Waals surface area (Å²) in [5.74, 6) is -0.0352. The van der Waals surface area contributed by atoms with E-state index < -0.39 is 5.92 Å². The zero-order chi connectivity index (χ0) is 18.3. The number of hydrogen-bond acceptors (Lipinski definition) is 4. The molecule has 1 aliphatic heterocycles. The lowest BCUT2D eigenvalue weighted by Gasteiger charge is -2.17. The van der Waals surface area contributed by atoms with Crippen LogP contribution >= 0.6 is 15.9 Å². The van der Waals surface area contributed by atoms with Gasteiger partial charge in [0.25, 0.3) is 0 Å². The SMILES string of the molecule is Cc1nc2cc(NC(=O)C3CC(=O)N(c4cccc(Br)c4)C3)ccc2o1. The first kappa shape index (κ1) is 16.8. The van der Waals surface area contributed by atoms with Crippen molar-refractivity contribution in [2.24, 2.45) is 5.92 Å². The summed E-state index contributed by atoms with van der Waals surface area (Å²) in [5.41, 5.74) is 2.80. The van der Waals surface area contributed by atoms with Gasteiger partial charge in [0.15, 0.2) is 11.5 Å². The van der Waals surface area contributed by atoms with Gasteiger partial charge in [-0.25, -0.2) is 4.98 Å². The number of carbonyl (C=O) groups excluding carboxylic acids is 2. The van der Waals surface area contributed by atoms with E-state index in [2.05, 4.69) is 26.2 Å². The van der Waals surface area contributed by atoms with Crippen LogP contribution in [-0.2, 0) is 9.59 Å². The van der Waals surface area contributed by atoms with E-state index in [4.69, 9.17) is 4.42 Å². The van der Waals surface area contributed by atoms with E-state index in [9.17, 15) is 9.59 Å². The number of nitrogens with zero attached hydrogens (tertiary/aromatic N) is 2. The molecule has 2 amide bonds. The van der Waals surface area contributed by atoms with E-state index in [0.29, 0.717) is 29.2 Å². The molecule has 0 radical (unpaired) electrons. The van der Waals surface area contributed by atoms with Crippen LogP contribution in [0.3, 0.4) is 0 Å². The Hall–Kier alpha value is -2.67. The molecule has 1 unspecified atom stereocenters. The molecule has 1 aromatic heterocycles. The predicted octanol–water partition coefficient (Wildman–Crippen LogP) is 3.89. The van der Waals surface area contributed by atoms with Crippen molar-refractivity contribution in [2.45, 2.75) is 13.3 Å². The smallest absolute Gasteiger partial charge is 0.229 e. The van der Waals surface area contributed by atoms with Crippen molar-refractivity contribution in [1.82, 2.24) is 4.98 Å². The lowest BCUT2D eigenvalue weighted by Crippen LogP contribution is -2.28. The summed E-state index contributed by atoms with van der Waals surface area (Å²) in [4.78, 5) is 30.9. The Bertz CT molecular complexity index is 1010. The third-order valence-corrected chi connectivity index (χ3v) is 4.87. The third-order valence-electron chi connectivity index (χ3n) is 4.38. The molecule has 1 atom stereocenters. The first-order valence-corrected chi connectivity index (χ1v) is 9.03. The molecule has 1 aliphatic rings. The van der Waals surface area contributed by atoms with Gasteiger partial charge in [-0.15, -0.1) is 0 Å². The Labute approximate surface area is 158 Å². The standard InChI is InChI=1S/C19H16BrN3O3/c1-11-21-16-9-14(5-6-17(16)26-11)22-19(25)12-7-18(24)23(10-12)15-4-2-3-13(20)8-15/h2-6,8-9,12H,7,10H2,1H3,(H,22,25). The number of oxazole rings is 1.